The molecule has 168 valence electrons. The standard InChI is InChI=1S/C24H24N6O3/c1-2-16-6-8-17(9-7-16)20(14-25)27-24(32)21-15-30(29-28-21)12-11-26-23(31)19-5-3-4-18-10-13-33-22(18)19/h3-9,15,20H,2,10-13H2,1H3,(H,26,31)(H,27,32). The Morgan fingerprint density at radius 3 is 2.79 bits per heavy atom. The minimum absolute atomic E-state index is 0.0982. The molecular formula is C24H24N6O3. The molecule has 1 atom stereocenters. The van der Waals surface area contributed by atoms with E-state index >= 15 is 0 Å². The van der Waals surface area contributed by atoms with Gasteiger partial charge in [0, 0.05) is 13.0 Å². The van der Waals surface area contributed by atoms with Crippen LogP contribution in [0.1, 0.15) is 50.5 Å². The Morgan fingerprint density at radius 1 is 1.21 bits per heavy atom. The highest BCUT2D eigenvalue weighted by molar-refractivity contribution is 5.97. The summed E-state index contributed by atoms with van der Waals surface area (Å²) in [5.41, 5.74) is 3.50. The van der Waals surface area contributed by atoms with Crippen molar-refractivity contribution in [2.75, 3.05) is 13.2 Å². The van der Waals surface area contributed by atoms with Crippen LogP contribution in [0.15, 0.2) is 48.7 Å². The number of nitrogens with one attached hydrogen (secondary N) is 2. The summed E-state index contributed by atoms with van der Waals surface area (Å²) in [6.07, 6.45) is 3.19. The summed E-state index contributed by atoms with van der Waals surface area (Å²) in [5, 5.41) is 22.8. The van der Waals surface area contributed by atoms with Crippen molar-refractivity contribution in [3.8, 4) is 11.8 Å². The smallest absolute Gasteiger partial charge is 0.274 e. The van der Waals surface area contributed by atoms with E-state index in [-0.39, 0.29) is 11.6 Å². The van der Waals surface area contributed by atoms with Gasteiger partial charge in [-0.1, -0.05) is 48.5 Å². The van der Waals surface area contributed by atoms with Gasteiger partial charge >= 0.3 is 0 Å². The Bertz CT molecular complexity index is 1200. The van der Waals surface area contributed by atoms with Gasteiger partial charge in [-0.2, -0.15) is 5.26 Å². The number of nitrogens with zero attached hydrogens (tertiary/aromatic N) is 4. The summed E-state index contributed by atoms with van der Waals surface area (Å²) in [6.45, 7) is 3.27. The Labute approximate surface area is 191 Å². The monoisotopic (exact) mass is 444 g/mol. The highest BCUT2D eigenvalue weighted by Gasteiger charge is 2.21. The van der Waals surface area contributed by atoms with Gasteiger partial charge in [0.15, 0.2) is 5.69 Å². The van der Waals surface area contributed by atoms with Crippen molar-refractivity contribution >= 4 is 11.8 Å². The van der Waals surface area contributed by atoms with Gasteiger partial charge in [0.1, 0.15) is 11.8 Å². The average Bonchev–Trinajstić information content (AvgIpc) is 3.52. The molecule has 0 saturated carbocycles. The van der Waals surface area contributed by atoms with E-state index in [4.69, 9.17) is 4.74 Å². The first-order chi connectivity index (χ1) is 16.1. The zero-order valence-electron chi connectivity index (χ0n) is 18.2. The summed E-state index contributed by atoms with van der Waals surface area (Å²) < 4.78 is 7.04. The normalized spacial score (nSPS) is 12.8. The number of ether oxygens (including phenoxy) is 1. The third kappa shape index (κ3) is 5.01. The molecule has 1 aromatic heterocycles. The van der Waals surface area contributed by atoms with E-state index in [0.717, 1.165) is 24.0 Å². The van der Waals surface area contributed by atoms with Gasteiger partial charge in [0.25, 0.3) is 11.8 Å². The van der Waals surface area contributed by atoms with Crippen LogP contribution in [0, 0.1) is 11.3 Å². The quantitative estimate of drug-likeness (QED) is 0.549. The minimum Gasteiger partial charge on any atom is -0.492 e. The third-order valence-electron chi connectivity index (χ3n) is 5.48. The second kappa shape index (κ2) is 9.96. The number of benzene rings is 2. The van der Waals surface area contributed by atoms with Crippen LogP contribution in [0.25, 0.3) is 0 Å². The van der Waals surface area contributed by atoms with Gasteiger partial charge in [-0.25, -0.2) is 4.68 Å². The largest absolute Gasteiger partial charge is 0.492 e. The fraction of sp³-hybridized carbons (Fsp3) is 0.292. The number of hydrogen-bond acceptors (Lipinski definition) is 6. The molecule has 0 radical (unpaired) electrons. The maximum absolute atomic E-state index is 12.5. The van der Waals surface area contributed by atoms with Gasteiger partial charge in [-0.15, -0.1) is 5.10 Å². The molecule has 0 bridgehead atoms. The van der Waals surface area contributed by atoms with E-state index in [1.54, 1.807) is 6.07 Å². The summed E-state index contributed by atoms with van der Waals surface area (Å²) in [7, 11) is 0. The van der Waals surface area contributed by atoms with Crippen molar-refractivity contribution in [1.82, 2.24) is 25.6 Å². The molecule has 0 fully saturated rings. The molecule has 1 aliphatic heterocycles. The third-order valence-corrected chi connectivity index (χ3v) is 5.48. The molecule has 2 N–H and O–H groups in total. The van der Waals surface area contributed by atoms with E-state index in [1.165, 1.54) is 10.9 Å². The van der Waals surface area contributed by atoms with Crippen molar-refractivity contribution < 1.29 is 14.3 Å². The first kappa shape index (κ1) is 22.0. The Balaban J connectivity index is 1.31. The number of carbonyl (C=O) groups excluding carboxylic acids is 2. The van der Waals surface area contributed by atoms with Crippen LogP contribution in [-0.4, -0.2) is 40.0 Å². The summed E-state index contributed by atoms with van der Waals surface area (Å²) in [4.78, 5) is 25.0. The Hall–Kier alpha value is -4.19. The van der Waals surface area contributed by atoms with Gasteiger partial charge in [0.05, 0.1) is 31.0 Å². The highest BCUT2D eigenvalue weighted by Crippen LogP contribution is 2.29. The molecule has 1 aliphatic rings. The molecule has 0 saturated heterocycles. The lowest BCUT2D eigenvalue weighted by Gasteiger charge is -2.11. The maximum Gasteiger partial charge on any atom is 0.274 e. The number of aromatic nitrogens is 3. The minimum atomic E-state index is -0.789. The fourth-order valence-electron chi connectivity index (χ4n) is 3.63. The zero-order valence-corrected chi connectivity index (χ0v) is 18.2. The summed E-state index contributed by atoms with van der Waals surface area (Å²) >= 11 is 0. The number of para-hydroxylation sites is 1. The van der Waals surface area contributed by atoms with Crippen LogP contribution in [-0.2, 0) is 19.4 Å². The number of hydrogen-bond donors (Lipinski definition) is 2. The Morgan fingerprint density at radius 2 is 2.03 bits per heavy atom. The number of nitriles is 1. The Kier molecular flexibility index (Phi) is 6.64. The first-order valence-electron chi connectivity index (χ1n) is 10.8. The molecule has 0 spiro atoms. The van der Waals surface area contributed by atoms with Gasteiger partial charge < -0.3 is 15.4 Å². The molecular weight excluding hydrogens is 420 g/mol. The molecule has 9 heteroatoms. The topological polar surface area (TPSA) is 122 Å². The number of fused-ring (bicyclic) bond motifs is 1. The van der Waals surface area contributed by atoms with E-state index in [9.17, 15) is 14.9 Å². The second-order valence-electron chi connectivity index (χ2n) is 7.65. The van der Waals surface area contributed by atoms with Gasteiger partial charge in [-0.05, 0) is 29.2 Å². The van der Waals surface area contributed by atoms with Crippen molar-refractivity contribution in [3.63, 3.8) is 0 Å². The van der Waals surface area contributed by atoms with Crippen LogP contribution >= 0.6 is 0 Å². The van der Waals surface area contributed by atoms with Crippen molar-refractivity contribution in [1.29, 1.82) is 5.26 Å². The molecule has 0 aliphatic carbocycles. The van der Waals surface area contributed by atoms with Crippen LogP contribution in [0.2, 0.25) is 0 Å². The fourth-order valence-corrected chi connectivity index (χ4v) is 3.63. The molecule has 2 heterocycles. The maximum atomic E-state index is 12.5. The van der Waals surface area contributed by atoms with Crippen molar-refractivity contribution in [2.24, 2.45) is 0 Å². The van der Waals surface area contributed by atoms with E-state index < -0.39 is 11.9 Å². The average molecular weight is 444 g/mol. The molecule has 3 aromatic rings. The lowest BCUT2D eigenvalue weighted by molar-refractivity contribution is 0.0934. The number of aryl methyl sites for hydroxylation is 1. The highest BCUT2D eigenvalue weighted by atomic mass is 16.5. The van der Waals surface area contributed by atoms with Crippen LogP contribution < -0.4 is 15.4 Å². The first-order valence-corrected chi connectivity index (χ1v) is 10.8. The van der Waals surface area contributed by atoms with Crippen LogP contribution in [0.4, 0.5) is 0 Å². The van der Waals surface area contributed by atoms with Crippen molar-refractivity contribution in [3.05, 3.63) is 76.6 Å². The molecule has 4 rings (SSSR count). The van der Waals surface area contributed by atoms with Crippen LogP contribution in [0.3, 0.4) is 0 Å². The van der Waals surface area contributed by atoms with E-state index in [2.05, 4.69) is 33.9 Å². The molecule has 2 amide bonds. The zero-order chi connectivity index (χ0) is 23.2. The number of carbonyl (C=O) groups is 2. The number of amides is 2. The predicted molar refractivity (Wildman–Crippen MR) is 120 cm³/mol. The molecule has 33 heavy (non-hydrogen) atoms. The van der Waals surface area contributed by atoms with E-state index in [0.29, 0.717) is 36.6 Å². The molecule has 2 aromatic carbocycles. The van der Waals surface area contributed by atoms with Gasteiger partial charge in [0.2, 0.25) is 0 Å². The SMILES string of the molecule is CCc1ccc(C(C#N)NC(=O)c2cn(CCNC(=O)c3cccc4c3OCC4)nn2)cc1. The van der Waals surface area contributed by atoms with Crippen molar-refractivity contribution in [2.45, 2.75) is 32.4 Å². The van der Waals surface area contributed by atoms with Gasteiger partial charge in [-0.3, -0.25) is 9.59 Å². The lowest BCUT2D eigenvalue weighted by atomic mass is 10.0. The van der Waals surface area contributed by atoms with Crippen LogP contribution in [0.5, 0.6) is 5.75 Å². The molecule has 1 unspecified atom stereocenters. The summed E-state index contributed by atoms with van der Waals surface area (Å²) in [6, 6.07) is 14.4. The predicted octanol–water partition coefficient (Wildman–Crippen LogP) is 2.20. The lowest BCUT2D eigenvalue weighted by Crippen LogP contribution is -2.28. The number of rotatable bonds is 8. The molecule has 9 nitrogen and oxygen atoms in total. The van der Waals surface area contributed by atoms with E-state index in [1.807, 2.05) is 36.4 Å². The summed E-state index contributed by atoms with van der Waals surface area (Å²) in [5.74, 6) is -0.0720. The second-order valence-corrected chi connectivity index (χ2v) is 7.65.